The normalized spacial score (nSPS) is 27.9. The molecule has 0 radical (unpaired) electrons. The molecule has 2 saturated heterocycles. The lowest BCUT2D eigenvalue weighted by molar-refractivity contribution is -0.384. The number of carboxylic acid groups (broad SMARTS) is 1. The second-order valence-corrected chi connectivity index (χ2v) is 5.67. The van der Waals surface area contributed by atoms with E-state index < -0.39 is 10.9 Å². The summed E-state index contributed by atoms with van der Waals surface area (Å²) in [6.45, 7) is 1.82. The van der Waals surface area contributed by atoms with Gasteiger partial charge in [0.25, 0.3) is 5.69 Å². The zero-order chi connectivity index (χ0) is 14.4. The van der Waals surface area contributed by atoms with E-state index in [2.05, 4.69) is 4.90 Å². The van der Waals surface area contributed by atoms with Crippen LogP contribution in [0.5, 0.6) is 0 Å². The lowest BCUT2D eigenvalue weighted by atomic mass is 9.89. The SMILES string of the molecule is Cc1cc(N2C3CCC2C(C(=O)O)C3)cc([N+](=O)[O-])c1. The zero-order valence-electron chi connectivity index (χ0n) is 11.2. The number of nitro groups is 1. The van der Waals surface area contributed by atoms with Crippen LogP contribution in [0.2, 0.25) is 0 Å². The number of aliphatic carboxylic acids is 1. The topological polar surface area (TPSA) is 83.7 Å². The number of carbonyl (C=O) groups is 1. The highest BCUT2D eigenvalue weighted by molar-refractivity contribution is 5.74. The number of benzene rings is 1. The lowest BCUT2D eigenvalue weighted by Gasteiger charge is -2.25. The Kier molecular flexibility index (Phi) is 2.88. The first-order valence-electron chi connectivity index (χ1n) is 6.74. The minimum atomic E-state index is -0.760. The fraction of sp³-hybridized carbons (Fsp3) is 0.500. The van der Waals surface area contributed by atoms with E-state index in [1.807, 2.05) is 13.0 Å². The number of anilines is 1. The van der Waals surface area contributed by atoms with E-state index in [0.717, 1.165) is 24.1 Å². The summed E-state index contributed by atoms with van der Waals surface area (Å²) < 4.78 is 0. The molecule has 6 heteroatoms. The molecule has 3 atom stereocenters. The van der Waals surface area contributed by atoms with Crippen molar-refractivity contribution in [3.8, 4) is 0 Å². The molecule has 1 N–H and O–H groups in total. The molecule has 0 spiro atoms. The van der Waals surface area contributed by atoms with E-state index in [1.54, 1.807) is 6.07 Å². The van der Waals surface area contributed by atoms with Crippen molar-refractivity contribution in [2.75, 3.05) is 4.90 Å². The molecule has 0 aromatic heterocycles. The van der Waals surface area contributed by atoms with Gasteiger partial charge in [0.1, 0.15) is 0 Å². The Hall–Kier alpha value is -2.11. The quantitative estimate of drug-likeness (QED) is 0.676. The van der Waals surface area contributed by atoms with Crippen LogP contribution in [0, 0.1) is 23.0 Å². The largest absolute Gasteiger partial charge is 0.481 e. The van der Waals surface area contributed by atoms with Gasteiger partial charge in [-0.3, -0.25) is 14.9 Å². The van der Waals surface area contributed by atoms with Crippen molar-refractivity contribution in [2.45, 2.75) is 38.3 Å². The summed E-state index contributed by atoms with van der Waals surface area (Å²) in [6, 6.07) is 5.17. The predicted molar refractivity (Wildman–Crippen MR) is 72.9 cm³/mol. The minimum Gasteiger partial charge on any atom is -0.481 e. The lowest BCUT2D eigenvalue weighted by Crippen LogP contribution is -2.32. The number of non-ortho nitro benzene ring substituents is 1. The first-order chi connectivity index (χ1) is 9.47. The van der Waals surface area contributed by atoms with E-state index in [0.29, 0.717) is 6.42 Å². The molecular formula is C14H16N2O4. The van der Waals surface area contributed by atoms with E-state index in [1.165, 1.54) is 6.07 Å². The predicted octanol–water partition coefficient (Wildman–Crippen LogP) is 2.35. The minimum absolute atomic E-state index is 0.0288. The number of carboxylic acids is 1. The molecule has 6 nitrogen and oxygen atoms in total. The average Bonchev–Trinajstić information content (AvgIpc) is 2.95. The van der Waals surface area contributed by atoms with Crippen LogP contribution in [0.3, 0.4) is 0 Å². The Morgan fingerprint density at radius 1 is 1.40 bits per heavy atom. The van der Waals surface area contributed by atoms with Crippen molar-refractivity contribution < 1.29 is 14.8 Å². The Labute approximate surface area is 116 Å². The number of hydrogen-bond donors (Lipinski definition) is 1. The van der Waals surface area contributed by atoms with Crippen molar-refractivity contribution in [3.63, 3.8) is 0 Å². The maximum absolute atomic E-state index is 11.3. The molecular weight excluding hydrogens is 260 g/mol. The molecule has 1 aromatic rings. The van der Waals surface area contributed by atoms with Crippen LogP contribution in [0.15, 0.2) is 18.2 Å². The highest BCUT2D eigenvalue weighted by Gasteiger charge is 2.49. The van der Waals surface area contributed by atoms with Gasteiger partial charge in [-0.05, 0) is 37.8 Å². The molecule has 0 saturated carbocycles. The molecule has 3 rings (SSSR count). The van der Waals surface area contributed by atoms with E-state index in [9.17, 15) is 20.0 Å². The monoisotopic (exact) mass is 276 g/mol. The summed E-state index contributed by atoms with van der Waals surface area (Å²) in [5.74, 6) is -1.11. The van der Waals surface area contributed by atoms with Crippen LogP contribution in [-0.4, -0.2) is 28.1 Å². The molecule has 2 fully saturated rings. The molecule has 2 bridgehead atoms. The fourth-order valence-electron chi connectivity index (χ4n) is 3.65. The molecule has 2 heterocycles. The van der Waals surface area contributed by atoms with Gasteiger partial charge in [-0.25, -0.2) is 0 Å². The molecule has 106 valence electrons. The number of fused-ring (bicyclic) bond motifs is 2. The van der Waals surface area contributed by atoms with E-state index in [4.69, 9.17) is 0 Å². The Morgan fingerprint density at radius 2 is 2.15 bits per heavy atom. The third kappa shape index (κ3) is 1.92. The second-order valence-electron chi connectivity index (χ2n) is 5.67. The zero-order valence-corrected chi connectivity index (χ0v) is 11.2. The van der Waals surface area contributed by atoms with Crippen LogP contribution in [0.25, 0.3) is 0 Å². The van der Waals surface area contributed by atoms with Gasteiger partial charge >= 0.3 is 5.97 Å². The number of nitrogens with zero attached hydrogens (tertiary/aromatic N) is 2. The van der Waals surface area contributed by atoms with Crippen LogP contribution >= 0.6 is 0 Å². The summed E-state index contributed by atoms with van der Waals surface area (Å²) >= 11 is 0. The summed E-state index contributed by atoms with van der Waals surface area (Å²) in [7, 11) is 0. The summed E-state index contributed by atoms with van der Waals surface area (Å²) in [4.78, 5) is 23.9. The van der Waals surface area contributed by atoms with E-state index in [-0.39, 0.29) is 23.7 Å². The van der Waals surface area contributed by atoms with Crippen LogP contribution in [-0.2, 0) is 4.79 Å². The van der Waals surface area contributed by atoms with Gasteiger partial charge in [-0.2, -0.15) is 0 Å². The standard InChI is InChI=1S/C14H16N2O4/c1-8-4-10(6-11(5-8)16(19)20)15-9-2-3-13(15)12(7-9)14(17)18/h4-6,9,12-13H,2-3,7H2,1H3,(H,17,18). The van der Waals surface area contributed by atoms with Crippen molar-refractivity contribution >= 4 is 17.3 Å². The van der Waals surface area contributed by atoms with Gasteiger partial charge in [0.05, 0.1) is 10.8 Å². The maximum Gasteiger partial charge on any atom is 0.308 e. The Bertz CT molecular complexity index is 587. The van der Waals surface area contributed by atoms with Gasteiger partial charge < -0.3 is 10.0 Å². The van der Waals surface area contributed by atoms with E-state index >= 15 is 0 Å². The molecule has 20 heavy (non-hydrogen) atoms. The highest BCUT2D eigenvalue weighted by Crippen LogP contribution is 2.45. The first-order valence-corrected chi connectivity index (χ1v) is 6.74. The summed E-state index contributed by atoms with van der Waals surface area (Å²) in [5, 5.41) is 20.2. The Morgan fingerprint density at radius 3 is 2.75 bits per heavy atom. The Balaban J connectivity index is 1.98. The van der Waals surface area contributed by atoms with Crippen molar-refractivity contribution in [2.24, 2.45) is 5.92 Å². The molecule has 2 aliphatic heterocycles. The third-order valence-electron chi connectivity index (χ3n) is 4.41. The van der Waals surface area contributed by atoms with Gasteiger partial charge in [0.2, 0.25) is 0 Å². The number of rotatable bonds is 3. The molecule has 2 aliphatic rings. The fourth-order valence-corrected chi connectivity index (χ4v) is 3.65. The molecule has 1 aromatic carbocycles. The third-order valence-corrected chi connectivity index (χ3v) is 4.41. The van der Waals surface area contributed by atoms with Crippen LogP contribution in [0.4, 0.5) is 11.4 Å². The average molecular weight is 276 g/mol. The van der Waals surface area contributed by atoms with Crippen molar-refractivity contribution in [1.82, 2.24) is 0 Å². The van der Waals surface area contributed by atoms with Crippen molar-refractivity contribution in [3.05, 3.63) is 33.9 Å². The summed E-state index contributed by atoms with van der Waals surface area (Å²) in [5.41, 5.74) is 1.68. The number of nitro benzene ring substituents is 1. The van der Waals surface area contributed by atoms with Gasteiger partial charge in [-0.15, -0.1) is 0 Å². The maximum atomic E-state index is 11.3. The smallest absolute Gasteiger partial charge is 0.308 e. The van der Waals surface area contributed by atoms with Gasteiger partial charge in [-0.1, -0.05) is 0 Å². The molecule has 0 amide bonds. The number of hydrogen-bond acceptors (Lipinski definition) is 4. The first kappa shape index (κ1) is 12.9. The van der Waals surface area contributed by atoms with Crippen LogP contribution < -0.4 is 4.90 Å². The summed E-state index contributed by atoms with van der Waals surface area (Å²) in [6.07, 6.45) is 2.46. The van der Waals surface area contributed by atoms with Gasteiger partial charge in [0.15, 0.2) is 0 Å². The number of aryl methyl sites for hydroxylation is 1. The van der Waals surface area contributed by atoms with Gasteiger partial charge in [0, 0.05) is 29.9 Å². The highest BCUT2D eigenvalue weighted by atomic mass is 16.6. The second kappa shape index (κ2) is 4.47. The molecule has 3 unspecified atom stereocenters. The van der Waals surface area contributed by atoms with Crippen LogP contribution in [0.1, 0.15) is 24.8 Å². The molecule has 0 aliphatic carbocycles. The van der Waals surface area contributed by atoms with Crippen molar-refractivity contribution in [1.29, 1.82) is 0 Å².